The van der Waals surface area contributed by atoms with Gasteiger partial charge in [-0.1, -0.05) is 32.1 Å². The lowest BCUT2D eigenvalue weighted by atomic mass is 9.71. The molecule has 0 aromatic carbocycles. The van der Waals surface area contributed by atoms with Gasteiger partial charge < -0.3 is 0 Å². The highest BCUT2D eigenvalue weighted by Crippen LogP contribution is 2.41. The van der Waals surface area contributed by atoms with Crippen LogP contribution in [-0.2, 0) is 0 Å². The fourth-order valence-corrected chi connectivity index (χ4v) is 16.9. The summed E-state index contributed by atoms with van der Waals surface area (Å²) in [6.07, 6.45) is 25.6. The molecule has 0 bridgehead atoms. The third-order valence-electron chi connectivity index (χ3n) is 10.0. The smallest absolute Gasteiger partial charge is 0.00238 e. The first-order chi connectivity index (χ1) is 27.0. The lowest BCUT2D eigenvalue weighted by Crippen LogP contribution is -2.26. The van der Waals surface area contributed by atoms with Gasteiger partial charge in [0.25, 0.3) is 0 Å². The number of thiol groups is 2. The minimum atomic E-state index is 0. The van der Waals surface area contributed by atoms with E-state index in [9.17, 15) is 0 Å². The molecule has 0 saturated heterocycles. The second-order valence-electron chi connectivity index (χ2n) is 13.9. The average molecular weight is 1000 g/mol. The molecule has 6 atom stereocenters. The molecule has 0 amide bonds. The van der Waals surface area contributed by atoms with Crippen LogP contribution >= 0.6 is 143 Å². The Labute approximate surface area is 405 Å². The standard InChI is InChI=1S/C27H54S9.C12H18.C4H10S3.CH4/c1-28-12-15-34-21-18-31-9-6-25-4-5-26(7-10-32-19-22-35-16-13-29-2)27(24-25)8-11-33-20-23-36-17-14-30-3;1-4-10-7-8-11(5-2)12(6-3)9-10;5-1-3-7-4-2-6;/h25-27H,4-24H2,1-3H3;4-6,10-12H,1-3,7-9H2;5-6H,1-4H2;1H4. The Kier molecular flexibility index (Phi) is 54.3. The molecule has 0 radical (unpaired) electrons. The molecule has 2 aliphatic carbocycles. The first kappa shape index (κ1) is 61.5. The summed E-state index contributed by atoms with van der Waals surface area (Å²) in [5.41, 5.74) is 0. The van der Waals surface area contributed by atoms with Gasteiger partial charge in [-0.25, -0.2) is 0 Å². The van der Waals surface area contributed by atoms with Crippen molar-refractivity contribution in [1.29, 1.82) is 0 Å². The van der Waals surface area contributed by atoms with Crippen LogP contribution in [-0.4, -0.2) is 128 Å². The van der Waals surface area contributed by atoms with Crippen molar-refractivity contribution in [3.63, 3.8) is 0 Å². The number of thioether (sulfide) groups is 10. The van der Waals surface area contributed by atoms with E-state index in [1.165, 1.54) is 144 Å². The second-order valence-corrected chi connectivity index (χ2v) is 26.3. The van der Waals surface area contributed by atoms with Gasteiger partial charge in [0.2, 0.25) is 0 Å². The third-order valence-corrected chi connectivity index (χ3v) is 21.4. The van der Waals surface area contributed by atoms with Gasteiger partial charge in [-0.3, -0.25) is 0 Å². The van der Waals surface area contributed by atoms with Gasteiger partial charge in [0, 0.05) is 80.5 Å². The van der Waals surface area contributed by atoms with Crippen LogP contribution in [0.5, 0.6) is 0 Å². The molecule has 0 nitrogen and oxygen atoms in total. The molecular weight excluding hydrogens is 913 g/mol. The Morgan fingerprint density at radius 1 is 0.429 bits per heavy atom. The highest BCUT2D eigenvalue weighted by molar-refractivity contribution is 8.05. The van der Waals surface area contributed by atoms with Gasteiger partial charge in [-0.15, -0.1) is 19.7 Å². The SMILES string of the molecule is C.C=CC1CCC(C=C)C(C=C)C1.CSCCSCCSCCC1CCC(CCSCCSCCSC)C(CCSCCSCCSC)C1.SCCSCCS. The molecule has 0 N–H and O–H groups in total. The van der Waals surface area contributed by atoms with Crippen LogP contribution in [0.25, 0.3) is 0 Å². The summed E-state index contributed by atoms with van der Waals surface area (Å²) in [4.78, 5) is 0. The predicted octanol–water partition coefficient (Wildman–Crippen LogP) is 15.5. The maximum absolute atomic E-state index is 4.05. The first-order valence-corrected chi connectivity index (χ1v) is 34.2. The summed E-state index contributed by atoms with van der Waals surface area (Å²) in [7, 11) is 0. The second kappa shape index (κ2) is 49.4. The Morgan fingerprint density at radius 3 is 1.27 bits per heavy atom. The number of rotatable bonds is 34. The summed E-state index contributed by atoms with van der Waals surface area (Å²) in [6.45, 7) is 11.6. The summed E-state index contributed by atoms with van der Waals surface area (Å²) in [6, 6.07) is 0. The van der Waals surface area contributed by atoms with E-state index in [4.69, 9.17) is 0 Å². The van der Waals surface area contributed by atoms with E-state index in [0.717, 1.165) is 40.8 Å². The molecular formula is C44H86S12. The van der Waals surface area contributed by atoms with Gasteiger partial charge >= 0.3 is 0 Å². The van der Waals surface area contributed by atoms with Crippen LogP contribution in [0.3, 0.4) is 0 Å². The zero-order chi connectivity index (χ0) is 40.5. The van der Waals surface area contributed by atoms with Crippen LogP contribution in [0.1, 0.15) is 65.2 Å². The van der Waals surface area contributed by atoms with Crippen molar-refractivity contribution in [3.8, 4) is 0 Å². The fourth-order valence-electron chi connectivity index (χ4n) is 6.80. The third kappa shape index (κ3) is 37.9. The minimum Gasteiger partial charge on any atom is -0.179 e. The lowest BCUT2D eigenvalue weighted by Gasteiger charge is -2.36. The maximum Gasteiger partial charge on any atom is 0.00238 e. The van der Waals surface area contributed by atoms with E-state index >= 15 is 0 Å². The topological polar surface area (TPSA) is 0 Å². The largest absolute Gasteiger partial charge is 0.179 e. The highest BCUT2D eigenvalue weighted by atomic mass is 32.2. The maximum atomic E-state index is 4.05. The Bertz CT molecular complexity index is 815. The first-order valence-electron chi connectivity index (χ1n) is 20.6. The molecule has 6 unspecified atom stereocenters. The van der Waals surface area contributed by atoms with E-state index in [-0.39, 0.29) is 7.43 Å². The Balaban J connectivity index is 0. The Hall–Kier alpha value is 3.42. The number of hydrogen-bond acceptors (Lipinski definition) is 12. The van der Waals surface area contributed by atoms with Crippen molar-refractivity contribution in [1.82, 2.24) is 0 Å². The van der Waals surface area contributed by atoms with Gasteiger partial charge in [-0.2, -0.15) is 143 Å². The van der Waals surface area contributed by atoms with Gasteiger partial charge in [-0.05, 0) is 134 Å². The van der Waals surface area contributed by atoms with Crippen molar-refractivity contribution in [2.45, 2.75) is 65.2 Å². The van der Waals surface area contributed by atoms with Gasteiger partial charge in [0.15, 0.2) is 0 Å². The van der Waals surface area contributed by atoms with E-state index < -0.39 is 0 Å². The molecule has 12 heteroatoms. The lowest BCUT2D eigenvalue weighted by molar-refractivity contribution is 0.169. The van der Waals surface area contributed by atoms with Crippen LogP contribution in [0, 0.1) is 35.5 Å². The minimum absolute atomic E-state index is 0. The predicted molar refractivity (Wildman–Crippen MR) is 304 cm³/mol. The van der Waals surface area contributed by atoms with Crippen LogP contribution in [0.2, 0.25) is 0 Å². The molecule has 0 aliphatic heterocycles. The zero-order valence-corrected chi connectivity index (χ0v) is 45.0. The van der Waals surface area contributed by atoms with Gasteiger partial charge in [0.05, 0.1) is 0 Å². The molecule has 0 heterocycles. The summed E-state index contributed by atoms with van der Waals surface area (Å²) < 4.78 is 0. The quantitative estimate of drug-likeness (QED) is 0.0362. The molecule has 2 fully saturated rings. The van der Waals surface area contributed by atoms with Crippen LogP contribution in [0.15, 0.2) is 38.0 Å². The van der Waals surface area contributed by atoms with Crippen molar-refractivity contribution < 1.29 is 0 Å². The van der Waals surface area contributed by atoms with E-state index in [0.29, 0.717) is 17.8 Å². The Morgan fingerprint density at radius 2 is 0.839 bits per heavy atom. The summed E-state index contributed by atoms with van der Waals surface area (Å²) in [5, 5.41) is 0. The number of allylic oxidation sites excluding steroid dienone is 3. The van der Waals surface area contributed by atoms with Crippen molar-refractivity contribution in [3.05, 3.63) is 38.0 Å². The molecule has 0 aromatic heterocycles. The zero-order valence-electron chi connectivity index (χ0n) is 35.1. The van der Waals surface area contributed by atoms with E-state index in [1.807, 2.05) is 47.0 Å². The van der Waals surface area contributed by atoms with E-state index in [2.05, 4.69) is 153 Å². The van der Waals surface area contributed by atoms with Crippen LogP contribution < -0.4 is 0 Å². The number of hydrogen-bond donors (Lipinski definition) is 2. The molecule has 0 spiro atoms. The van der Waals surface area contributed by atoms with Crippen LogP contribution in [0.4, 0.5) is 0 Å². The fraction of sp³-hybridized carbons (Fsp3) is 0.864. The molecule has 2 aliphatic rings. The molecule has 56 heavy (non-hydrogen) atoms. The summed E-state index contributed by atoms with van der Waals surface area (Å²) in [5.74, 6) is 29.5. The van der Waals surface area contributed by atoms with Crippen molar-refractivity contribution in [2.24, 2.45) is 35.5 Å². The highest BCUT2D eigenvalue weighted by Gasteiger charge is 2.30. The van der Waals surface area contributed by atoms with Crippen molar-refractivity contribution in [2.75, 3.05) is 128 Å². The van der Waals surface area contributed by atoms with Gasteiger partial charge in [0.1, 0.15) is 0 Å². The van der Waals surface area contributed by atoms with E-state index in [1.54, 1.807) is 0 Å². The summed E-state index contributed by atoms with van der Waals surface area (Å²) >= 11 is 29.1. The molecule has 334 valence electrons. The monoisotopic (exact) mass is 998 g/mol. The molecule has 2 rings (SSSR count). The normalized spacial score (nSPS) is 21.8. The van der Waals surface area contributed by atoms with Crippen molar-refractivity contribution >= 4 is 143 Å². The molecule has 0 aromatic rings. The molecule has 2 saturated carbocycles. The average Bonchev–Trinajstić information content (AvgIpc) is 3.21.